The number of carbonyl (C=O) groups is 4. The fourth-order valence-electron chi connectivity index (χ4n) is 5.38. The van der Waals surface area contributed by atoms with Crippen LogP contribution in [0.15, 0.2) is 59.6 Å². The van der Waals surface area contributed by atoms with E-state index in [1.807, 2.05) is 12.1 Å². The van der Waals surface area contributed by atoms with Crippen molar-refractivity contribution >= 4 is 35.5 Å². The van der Waals surface area contributed by atoms with E-state index in [0.717, 1.165) is 5.56 Å². The minimum absolute atomic E-state index is 0.0126. The van der Waals surface area contributed by atoms with Crippen LogP contribution in [0.2, 0.25) is 0 Å². The first-order chi connectivity index (χ1) is 23.9. The van der Waals surface area contributed by atoms with E-state index in [4.69, 9.17) is 35.2 Å². The molecule has 5 N–H and O–H groups in total. The molecule has 0 unspecified atom stereocenters. The summed E-state index contributed by atoms with van der Waals surface area (Å²) in [5, 5.41) is 2.57. The molecular formula is C38H46N4O9. The molecule has 4 rings (SSSR count). The van der Waals surface area contributed by atoms with Crippen LogP contribution in [0.5, 0.6) is 17.2 Å². The van der Waals surface area contributed by atoms with Gasteiger partial charge in [-0.25, -0.2) is 9.79 Å². The maximum absolute atomic E-state index is 14.0. The smallest absolute Gasteiger partial charge is 0.343 e. The summed E-state index contributed by atoms with van der Waals surface area (Å²) < 4.78 is 28.8. The predicted octanol–water partition coefficient (Wildman–Crippen LogP) is 4.88. The monoisotopic (exact) mass is 702 g/mol. The van der Waals surface area contributed by atoms with Crippen molar-refractivity contribution in [1.82, 2.24) is 5.32 Å². The number of nitrogens with two attached hydrogens (primary N) is 2. The number of fused-ring (bicyclic) bond motifs is 2. The van der Waals surface area contributed by atoms with Gasteiger partial charge in [0, 0.05) is 5.56 Å². The van der Waals surface area contributed by atoms with Crippen LogP contribution < -0.4 is 31.0 Å². The van der Waals surface area contributed by atoms with Gasteiger partial charge in [-0.3, -0.25) is 14.4 Å². The second kappa shape index (κ2) is 16.0. The molecule has 1 amide bonds. The summed E-state index contributed by atoms with van der Waals surface area (Å²) in [6.07, 6.45) is 0.965. The summed E-state index contributed by atoms with van der Waals surface area (Å²) in [6, 6.07) is 15.0. The van der Waals surface area contributed by atoms with E-state index in [1.54, 1.807) is 79.0 Å². The minimum Gasteiger partial charge on any atom is -0.497 e. The fourth-order valence-corrected chi connectivity index (χ4v) is 5.38. The number of methoxy groups -OCH3 is 1. The van der Waals surface area contributed by atoms with E-state index in [0.29, 0.717) is 29.8 Å². The number of nitrogens with one attached hydrogen (secondary N) is 1. The second-order valence-corrected chi connectivity index (χ2v) is 14.0. The van der Waals surface area contributed by atoms with Gasteiger partial charge in [0.05, 0.1) is 36.4 Å². The Hall–Kier alpha value is -5.59. The Morgan fingerprint density at radius 2 is 1.61 bits per heavy atom. The van der Waals surface area contributed by atoms with Crippen LogP contribution in [0.1, 0.15) is 91.3 Å². The molecular weight excluding hydrogens is 656 g/mol. The van der Waals surface area contributed by atoms with E-state index in [1.165, 1.54) is 12.1 Å². The van der Waals surface area contributed by atoms with Gasteiger partial charge in [0.25, 0.3) is 5.91 Å². The van der Waals surface area contributed by atoms with Crippen LogP contribution in [0.3, 0.4) is 0 Å². The Labute approximate surface area is 297 Å². The zero-order valence-corrected chi connectivity index (χ0v) is 30.1. The van der Waals surface area contributed by atoms with Crippen LogP contribution in [0, 0.1) is 0 Å². The Balaban J connectivity index is 1.87. The van der Waals surface area contributed by atoms with Crippen molar-refractivity contribution in [3.05, 3.63) is 82.4 Å². The highest BCUT2D eigenvalue weighted by Crippen LogP contribution is 2.42. The third-order valence-electron chi connectivity index (χ3n) is 7.46. The van der Waals surface area contributed by atoms with Crippen LogP contribution >= 0.6 is 0 Å². The number of rotatable bonds is 9. The lowest BCUT2D eigenvalue weighted by atomic mass is 9.89. The van der Waals surface area contributed by atoms with Crippen molar-refractivity contribution in [2.24, 2.45) is 16.5 Å². The quantitative estimate of drug-likeness (QED) is 0.119. The maximum atomic E-state index is 14.0. The Bertz CT molecular complexity index is 1800. The third-order valence-corrected chi connectivity index (χ3v) is 7.46. The lowest BCUT2D eigenvalue weighted by Crippen LogP contribution is -2.35. The first kappa shape index (κ1) is 38.2. The molecule has 3 aromatic rings. The molecule has 272 valence electrons. The van der Waals surface area contributed by atoms with Crippen LogP contribution in [-0.2, 0) is 31.9 Å². The number of hydrogen-bond acceptors (Lipinski definition) is 10. The normalized spacial score (nSPS) is 13.6. The summed E-state index contributed by atoms with van der Waals surface area (Å²) in [5.41, 5.74) is 11.9. The minimum atomic E-state index is -1.01. The molecule has 13 nitrogen and oxygen atoms in total. The molecule has 1 aliphatic rings. The standard InChI is InChI=1S/C38H46N4O9/c1-37(2,3)50-30(43)21-41-33(44)28-17-16-27(29(35(46)51-38(4,5)6)19-22-10-13-25(47-7)14-11-22)32-31(28)48-18-8-9-23-20-24(42-36(39)40)12-15-26(23)34(45)49-32/h10-17,20,29H,8-9,18-19,21H2,1-7H3,(H,41,44)(H4,39,40,42)/t29-/m0/s1. The summed E-state index contributed by atoms with van der Waals surface area (Å²) in [6.45, 7) is 10.1. The maximum Gasteiger partial charge on any atom is 0.343 e. The van der Waals surface area contributed by atoms with Crippen molar-refractivity contribution in [2.75, 3.05) is 20.3 Å². The average molecular weight is 703 g/mol. The lowest BCUT2D eigenvalue weighted by Gasteiger charge is -2.27. The molecule has 0 bridgehead atoms. The number of ether oxygens (including phenoxy) is 5. The molecule has 51 heavy (non-hydrogen) atoms. The van der Waals surface area contributed by atoms with Crippen LogP contribution in [-0.4, -0.2) is 61.2 Å². The number of aryl methyl sites for hydroxylation is 1. The molecule has 1 heterocycles. The summed E-state index contributed by atoms with van der Waals surface area (Å²) >= 11 is 0. The zero-order valence-electron chi connectivity index (χ0n) is 30.1. The molecule has 1 aliphatic heterocycles. The number of guanidine groups is 1. The van der Waals surface area contributed by atoms with E-state index in [9.17, 15) is 19.2 Å². The molecule has 0 saturated heterocycles. The van der Waals surface area contributed by atoms with Gasteiger partial charge in [0.15, 0.2) is 17.5 Å². The molecule has 0 fully saturated rings. The van der Waals surface area contributed by atoms with E-state index in [2.05, 4.69) is 10.3 Å². The molecule has 1 atom stereocenters. The number of hydrogen-bond donors (Lipinski definition) is 3. The van der Waals surface area contributed by atoms with E-state index >= 15 is 0 Å². The summed E-state index contributed by atoms with van der Waals surface area (Å²) in [7, 11) is 1.56. The predicted molar refractivity (Wildman–Crippen MR) is 191 cm³/mol. The second-order valence-electron chi connectivity index (χ2n) is 14.0. The highest BCUT2D eigenvalue weighted by atomic mass is 16.6. The van der Waals surface area contributed by atoms with Gasteiger partial charge in [-0.05, 0) is 108 Å². The van der Waals surface area contributed by atoms with Gasteiger partial charge in [-0.15, -0.1) is 0 Å². The van der Waals surface area contributed by atoms with Gasteiger partial charge in [-0.1, -0.05) is 18.2 Å². The van der Waals surface area contributed by atoms with Crippen molar-refractivity contribution in [3.8, 4) is 17.2 Å². The van der Waals surface area contributed by atoms with Crippen molar-refractivity contribution in [2.45, 2.75) is 77.9 Å². The molecule has 0 aliphatic carbocycles. The number of nitrogens with zero attached hydrogens (tertiary/aromatic N) is 1. The topological polar surface area (TPSA) is 191 Å². The molecule has 0 radical (unpaired) electrons. The molecule has 3 aromatic carbocycles. The van der Waals surface area contributed by atoms with Gasteiger partial charge in [0.1, 0.15) is 23.5 Å². The number of esters is 3. The van der Waals surface area contributed by atoms with Crippen molar-refractivity contribution in [1.29, 1.82) is 0 Å². The molecule has 0 saturated carbocycles. The Morgan fingerprint density at radius 1 is 0.922 bits per heavy atom. The van der Waals surface area contributed by atoms with Crippen molar-refractivity contribution in [3.63, 3.8) is 0 Å². The number of carbonyl (C=O) groups excluding carboxylic acids is 4. The van der Waals surface area contributed by atoms with Gasteiger partial charge in [-0.2, -0.15) is 0 Å². The Morgan fingerprint density at radius 3 is 2.24 bits per heavy atom. The summed E-state index contributed by atoms with van der Waals surface area (Å²) in [5.74, 6) is -3.36. The van der Waals surface area contributed by atoms with Crippen molar-refractivity contribution < 1.29 is 42.9 Å². The number of aliphatic imine (C=N–C) groups is 1. The summed E-state index contributed by atoms with van der Waals surface area (Å²) in [4.78, 5) is 58.1. The van der Waals surface area contributed by atoms with E-state index < -0.39 is 47.5 Å². The van der Waals surface area contributed by atoms with Gasteiger partial charge < -0.3 is 40.5 Å². The van der Waals surface area contributed by atoms with Gasteiger partial charge >= 0.3 is 17.9 Å². The molecule has 0 aromatic heterocycles. The van der Waals surface area contributed by atoms with Gasteiger partial charge in [0.2, 0.25) is 0 Å². The zero-order chi connectivity index (χ0) is 37.5. The van der Waals surface area contributed by atoms with Crippen LogP contribution in [0.25, 0.3) is 0 Å². The molecule has 0 spiro atoms. The number of benzene rings is 3. The first-order valence-corrected chi connectivity index (χ1v) is 16.5. The number of amides is 1. The fraction of sp³-hybridized carbons (Fsp3) is 0.395. The van der Waals surface area contributed by atoms with E-state index in [-0.39, 0.29) is 47.2 Å². The van der Waals surface area contributed by atoms with Crippen LogP contribution in [0.4, 0.5) is 5.69 Å². The average Bonchev–Trinajstić information content (AvgIpc) is 3.03. The Kier molecular flexibility index (Phi) is 12.0. The SMILES string of the molecule is COc1ccc(C[C@H](C(=O)OC(C)(C)C)c2ccc(C(=O)NCC(=O)OC(C)(C)C)c3c2OC(=O)c2ccc(N=C(N)N)cc2CCCO3)cc1. The lowest BCUT2D eigenvalue weighted by molar-refractivity contribution is -0.157. The first-order valence-electron chi connectivity index (χ1n) is 16.5. The highest BCUT2D eigenvalue weighted by Gasteiger charge is 2.34. The largest absolute Gasteiger partial charge is 0.497 e. The highest BCUT2D eigenvalue weighted by molar-refractivity contribution is 6.01. The third kappa shape index (κ3) is 10.7. The molecule has 13 heteroatoms.